The maximum atomic E-state index is 4.63. The standard InChI is InChI=1S/C6H14BO6.Na/c1-4-8-10-6(3)11-13-7-12-9-5-2;/h6H,4-5H2,1-3H3;/q-1;+1. The maximum absolute atomic E-state index is 4.63. The molecule has 0 fully saturated rings. The van der Waals surface area contributed by atoms with E-state index in [1.54, 1.807) is 20.8 Å². The van der Waals surface area contributed by atoms with Gasteiger partial charge in [-0.15, -0.1) is 0 Å². The van der Waals surface area contributed by atoms with Crippen LogP contribution in [-0.2, 0) is 29.2 Å². The van der Waals surface area contributed by atoms with Gasteiger partial charge in [-0.05, 0) is 20.8 Å². The van der Waals surface area contributed by atoms with E-state index in [-0.39, 0.29) is 29.6 Å². The Kier molecular flexibility index (Phi) is 17.0. The van der Waals surface area contributed by atoms with Crippen LogP contribution in [0.25, 0.3) is 0 Å². The summed E-state index contributed by atoms with van der Waals surface area (Å²) in [4.78, 5) is 27.0. The summed E-state index contributed by atoms with van der Waals surface area (Å²) in [5, 5.41) is 0. The van der Waals surface area contributed by atoms with Gasteiger partial charge in [0.15, 0.2) is 0 Å². The first-order valence-electron chi connectivity index (χ1n) is 4.01. The Hall–Kier alpha value is 0.825. The Labute approximate surface area is 107 Å². The smallest absolute Gasteiger partial charge is 0.492 e. The number of rotatable bonds is 9. The predicted molar refractivity (Wildman–Crippen MR) is 42.8 cm³/mol. The molecule has 0 aliphatic heterocycles. The normalized spacial score (nSPS) is 12.2. The molecular formula is C6H14BNaO6. The van der Waals surface area contributed by atoms with E-state index in [0.717, 1.165) is 7.69 Å². The molecule has 0 heterocycles. The molecule has 0 N–H and O–H groups in total. The van der Waals surface area contributed by atoms with Crippen molar-refractivity contribution in [3.05, 3.63) is 0 Å². The largest absolute Gasteiger partial charge is 1.00 e. The van der Waals surface area contributed by atoms with E-state index in [9.17, 15) is 0 Å². The quantitative estimate of drug-likeness (QED) is 0.143. The number of hydrogen-bond donors (Lipinski definition) is 0. The average molecular weight is 216 g/mol. The van der Waals surface area contributed by atoms with Gasteiger partial charge in [0, 0.05) is 0 Å². The van der Waals surface area contributed by atoms with Crippen LogP contribution < -0.4 is 29.6 Å². The summed E-state index contributed by atoms with van der Waals surface area (Å²) in [5.41, 5.74) is 0. The van der Waals surface area contributed by atoms with Crippen LogP contribution >= 0.6 is 0 Å². The van der Waals surface area contributed by atoms with Gasteiger partial charge in [0.1, 0.15) is 0 Å². The third-order valence-corrected chi connectivity index (χ3v) is 0.777. The molecule has 78 valence electrons. The average Bonchev–Trinajstić information content (AvgIpc) is 2.14. The van der Waals surface area contributed by atoms with Crippen LogP contribution in [-0.4, -0.2) is 27.2 Å². The van der Waals surface area contributed by atoms with Crippen molar-refractivity contribution < 1.29 is 58.7 Å². The van der Waals surface area contributed by atoms with Gasteiger partial charge < -0.3 is 9.61 Å². The summed E-state index contributed by atoms with van der Waals surface area (Å²) in [6.45, 7) is 6.02. The minimum Gasteiger partial charge on any atom is -0.492 e. The molecule has 6 nitrogen and oxygen atoms in total. The van der Waals surface area contributed by atoms with E-state index in [0.29, 0.717) is 13.2 Å². The van der Waals surface area contributed by atoms with E-state index >= 15 is 0 Å². The van der Waals surface area contributed by atoms with Gasteiger partial charge in [0.2, 0.25) is 6.29 Å². The fourth-order valence-electron chi connectivity index (χ4n) is 0.393. The minimum absolute atomic E-state index is 0. The van der Waals surface area contributed by atoms with Crippen molar-refractivity contribution in [2.45, 2.75) is 27.1 Å². The van der Waals surface area contributed by atoms with E-state index in [1.807, 2.05) is 0 Å². The van der Waals surface area contributed by atoms with E-state index in [4.69, 9.17) is 0 Å². The van der Waals surface area contributed by atoms with Gasteiger partial charge in [-0.2, -0.15) is 0 Å². The predicted octanol–water partition coefficient (Wildman–Crippen LogP) is -2.24. The van der Waals surface area contributed by atoms with Crippen molar-refractivity contribution >= 4 is 7.69 Å². The third-order valence-electron chi connectivity index (χ3n) is 0.777. The second kappa shape index (κ2) is 13.8. The van der Waals surface area contributed by atoms with E-state index < -0.39 is 6.29 Å². The minimum atomic E-state index is -0.638. The Bertz CT molecular complexity index is 108. The zero-order valence-corrected chi connectivity index (χ0v) is 11.0. The SMILES string of the molecule is CCOO[B-]OOC(C)OOCC.[Na+]. The first kappa shape index (κ1) is 17.2. The summed E-state index contributed by atoms with van der Waals surface area (Å²) >= 11 is 0. The summed E-state index contributed by atoms with van der Waals surface area (Å²) in [5.74, 6) is 0. The van der Waals surface area contributed by atoms with Gasteiger partial charge >= 0.3 is 29.6 Å². The zero-order valence-electron chi connectivity index (χ0n) is 9.02. The summed E-state index contributed by atoms with van der Waals surface area (Å²) in [6.07, 6.45) is -0.638. The first-order chi connectivity index (χ1) is 6.31. The molecule has 1 atom stereocenters. The fourth-order valence-corrected chi connectivity index (χ4v) is 0.393. The van der Waals surface area contributed by atoms with Crippen molar-refractivity contribution in [1.82, 2.24) is 0 Å². The van der Waals surface area contributed by atoms with Gasteiger partial charge in [-0.3, -0.25) is 9.78 Å². The fraction of sp³-hybridized carbons (Fsp3) is 1.00. The Morgan fingerprint density at radius 2 is 1.64 bits per heavy atom. The molecule has 0 aromatic heterocycles. The summed E-state index contributed by atoms with van der Waals surface area (Å²) in [7, 11) is 0.898. The molecule has 0 aliphatic carbocycles. The van der Waals surface area contributed by atoms with Crippen LogP contribution in [0.5, 0.6) is 0 Å². The molecule has 0 saturated heterocycles. The first-order valence-corrected chi connectivity index (χ1v) is 4.01. The van der Waals surface area contributed by atoms with Crippen molar-refractivity contribution in [2.24, 2.45) is 0 Å². The molecule has 0 aromatic rings. The van der Waals surface area contributed by atoms with Crippen LogP contribution in [0.1, 0.15) is 20.8 Å². The molecule has 0 bridgehead atoms. The van der Waals surface area contributed by atoms with Gasteiger partial charge in [0.25, 0.3) is 0 Å². The molecule has 0 aliphatic rings. The van der Waals surface area contributed by atoms with E-state index in [2.05, 4.69) is 29.2 Å². The second-order valence-corrected chi connectivity index (χ2v) is 1.86. The maximum Gasteiger partial charge on any atom is 1.00 e. The summed E-state index contributed by atoms with van der Waals surface area (Å²) < 4.78 is 0. The molecule has 0 saturated carbocycles. The summed E-state index contributed by atoms with van der Waals surface area (Å²) in [6, 6.07) is 0. The molecule has 14 heavy (non-hydrogen) atoms. The molecular weight excluding hydrogens is 202 g/mol. The van der Waals surface area contributed by atoms with Gasteiger partial charge in [-0.25, -0.2) is 9.78 Å². The molecule has 0 rings (SSSR count). The molecule has 0 amide bonds. The molecule has 0 spiro atoms. The van der Waals surface area contributed by atoms with Crippen molar-refractivity contribution in [3.8, 4) is 0 Å². The van der Waals surface area contributed by atoms with Crippen molar-refractivity contribution in [3.63, 3.8) is 0 Å². The third kappa shape index (κ3) is 12.8. The van der Waals surface area contributed by atoms with Gasteiger partial charge in [-0.1, -0.05) is 0 Å². The van der Waals surface area contributed by atoms with Crippen LogP contribution in [0.4, 0.5) is 0 Å². The monoisotopic (exact) mass is 216 g/mol. The topological polar surface area (TPSA) is 55.4 Å². The van der Waals surface area contributed by atoms with Crippen molar-refractivity contribution in [1.29, 1.82) is 0 Å². The molecule has 8 heteroatoms. The van der Waals surface area contributed by atoms with Crippen LogP contribution in [0.15, 0.2) is 0 Å². The molecule has 1 unspecified atom stereocenters. The molecule has 0 aromatic carbocycles. The second-order valence-electron chi connectivity index (χ2n) is 1.86. The Morgan fingerprint density at radius 3 is 2.21 bits per heavy atom. The van der Waals surface area contributed by atoms with Gasteiger partial charge in [0.05, 0.1) is 20.9 Å². The zero-order chi connectivity index (χ0) is 9.94. The Balaban J connectivity index is 0. The van der Waals surface area contributed by atoms with Crippen molar-refractivity contribution in [2.75, 3.05) is 13.2 Å². The van der Waals surface area contributed by atoms with Crippen LogP contribution in [0, 0.1) is 0 Å². The molecule has 2 radical (unpaired) electrons. The van der Waals surface area contributed by atoms with Crippen LogP contribution in [0.3, 0.4) is 0 Å². The van der Waals surface area contributed by atoms with E-state index in [1.165, 1.54) is 0 Å². The number of hydrogen-bond acceptors (Lipinski definition) is 6. The Morgan fingerprint density at radius 1 is 1.00 bits per heavy atom. The van der Waals surface area contributed by atoms with Crippen LogP contribution in [0.2, 0.25) is 0 Å².